The van der Waals surface area contributed by atoms with Crippen molar-refractivity contribution in [3.8, 4) is 17.3 Å². The van der Waals surface area contributed by atoms with E-state index < -0.39 is 0 Å². The molecule has 4 heteroatoms. The molecular formula is C11H8ClN3. The van der Waals surface area contributed by atoms with Gasteiger partial charge in [0.1, 0.15) is 17.5 Å². The molecule has 0 unspecified atom stereocenters. The zero-order valence-corrected chi connectivity index (χ0v) is 8.86. The Labute approximate surface area is 92.6 Å². The molecule has 0 fully saturated rings. The Morgan fingerprint density at radius 2 is 2.00 bits per heavy atom. The van der Waals surface area contributed by atoms with Crippen LogP contribution >= 0.6 is 11.6 Å². The molecule has 0 aliphatic carbocycles. The van der Waals surface area contributed by atoms with Gasteiger partial charge in [0.2, 0.25) is 0 Å². The van der Waals surface area contributed by atoms with Gasteiger partial charge in [0.25, 0.3) is 0 Å². The maximum absolute atomic E-state index is 8.97. The molecule has 74 valence electrons. The number of nitrogens with zero attached hydrogens (tertiary/aromatic N) is 3. The highest BCUT2D eigenvalue weighted by Crippen LogP contribution is 2.22. The first kappa shape index (κ1) is 9.75. The highest BCUT2D eigenvalue weighted by Gasteiger charge is 2.09. The van der Waals surface area contributed by atoms with Gasteiger partial charge in [0.15, 0.2) is 0 Å². The van der Waals surface area contributed by atoms with Crippen molar-refractivity contribution >= 4 is 11.6 Å². The van der Waals surface area contributed by atoms with E-state index in [9.17, 15) is 0 Å². The van der Waals surface area contributed by atoms with Crippen LogP contribution in [0.1, 0.15) is 5.69 Å². The fourth-order valence-corrected chi connectivity index (χ4v) is 1.51. The number of hydrogen-bond acceptors (Lipinski definition) is 2. The monoisotopic (exact) mass is 217 g/mol. The van der Waals surface area contributed by atoms with E-state index >= 15 is 0 Å². The van der Waals surface area contributed by atoms with Crippen LogP contribution in [0.2, 0.25) is 5.02 Å². The third kappa shape index (κ3) is 1.72. The lowest BCUT2D eigenvalue weighted by atomic mass is 10.1. The van der Waals surface area contributed by atoms with Gasteiger partial charge in [-0.05, 0) is 12.1 Å². The molecule has 0 N–H and O–H groups in total. The summed E-state index contributed by atoms with van der Waals surface area (Å²) in [5, 5.41) is 9.64. The van der Waals surface area contributed by atoms with Crippen molar-refractivity contribution in [3.05, 3.63) is 41.3 Å². The summed E-state index contributed by atoms with van der Waals surface area (Å²) < 4.78 is 1.70. The topological polar surface area (TPSA) is 41.6 Å². The molecule has 0 atom stereocenters. The fourth-order valence-electron chi connectivity index (χ4n) is 1.38. The molecule has 1 heterocycles. The summed E-state index contributed by atoms with van der Waals surface area (Å²) >= 11 is 5.79. The van der Waals surface area contributed by atoms with Crippen molar-refractivity contribution in [2.24, 2.45) is 7.05 Å². The van der Waals surface area contributed by atoms with E-state index in [2.05, 4.69) is 11.1 Å². The largest absolute Gasteiger partial charge is 0.325 e. The van der Waals surface area contributed by atoms with E-state index in [1.54, 1.807) is 30.1 Å². The molecule has 1 aromatic carbocycles. The average Bonchev–Trinajstić information content (AvgIpc) is 2.61. The first-order valence-corrected chi connectivity index (χ1v) is 4.77. The lowest BCUT2D eigenvalue weighted by molar-refractivity contribution is 0.897. The van der Waals surface area contributed by atoms with E-state index in [0.29, 0.717) is 16.4 Å². The third-order valence-corrected chi connectivity index (χ3v) is 2.41. The minimum atomic E-state index is 0.553. The lowest BCUT2D eigenvalue weighted by Gasteiger charge is -1.98. The van der Waals surface area contributed by atoms with Crippen LogP contribution in [-0.2, 0) is 7.05 Å². The van der Waals surface area contributed by atoms with Crippen LogP contribution < -0.4 is 0 Å². The first-order chi connectivity index (χ1) is 7.22. The molecular weight excluding hydrogens is 210 g/mol. The van der Waals surface area contributed by atoms with Gasteiger partial charge >= 0.3 is 0 Å². The van der Waals surface area contributed by atoms with Crippen LogP contribution in [0.4, 0.5) is 0 Å². The average molecular weight is 218 g/mol. The van der Waals surface area contributed by atoms with E-state index in [1.807, 2.05) is 12.1 Å². The molecule has 15 heavy (non-hydrogen) atoms. The highest BCUT2D eigenvalue weighted by molar-refractivity contribution is 6.30. The summed E-state index contributed by atoms with van der Waals surface area (Å²) in [5.74, 6) is 0. The number of halogens is 1. The zero-order valence-electron chi connectivity index (χ0n) is 8.11. The normalized spacial score (nSPS) is 9.93. The van der Waals surface area contributed by atoms with E-state index in [1.165, 1.54) is 0 Å². The number of benzene rings is 1. The van der Waals surface area contributed by atoms with Crippen LogP contribution in [0.25, 0.3) is 11.3 Å². The molecule has 0 bridgehead atoms. The third-order valence-electron chi connectivity index (χ3n) is 2.16. The van der Waals surface area contributed by atoms with Gasteiger partial charge in [-0.3, -0.25) is 0 Å². The van der Waals surface area contributed by atoms with Crippen molar-refractivity contribution < 1.29 is 0 Å². The van der Waals surface area contributed by atoms with Gasteiger partial charge < -0.3 is 4.57 Å². The molecule has 2 aromatic rings. The van der Waals surface area contributed by atoms with Crippen molar-refractivity contribution in [2.45, 2.75) is 0 Å². The number of aromatic nitrogens is 2. The van der Waals surface area contributed by atoms with Crippen LogP contribution in [0, 0.1) is 11.3 Å². The summed E-state index contributed by atoms with van der Waals surface area (Å²) in [6, 6.07) is 9.40. The maximum Gasteiger partial charge on any atom is 0.147 e. The summed E-state index contributed by atoms with van der Waals surface area (Å²) in [6.45, 7) is 0. The SMILES string of the molecule is Cn1cnc(-c2ccc(Cl)cc2)c1C#N. The summed E-state index contributed by atoms with van der Waals surface area (Å²) in [4.78, 5) is 4.18. The predicted molar refractivity (Wildman–Crippen MR) is 58.4 cm³/mol. The van der Waals surface area contributed by atoms with Gasteiger partial charge in [0.05, 0.1) is 6.33 Å². The lowest BCUT2D eigenvalue weighted by Crippen LogP contribution is -1.90. The second-order valence-electron chi connectivity index (χ2n) is 3.17. The molecule has 0 amide bonds. The summed E-state index contributed by atoms with van der Waals surface area (Å²) in [6.07, 6.45) is 1.63. The number of rotatable bonds is 1. The number of imidazole rings is 1. The molecule has 0 saturated carbocycles. The van der Waals surface area contributed by atoms with E-state index in [0.717, 1.165) is 5.56 Å². The van der Waals surface area contributed by atoms with Gasteiger partial charge in [-0.25, -0.2) is 4.98 Å². The van der Waals surface area contributed by atoms with Crippen LogP contribution in [0.15, 0.2) is 30.6 Å². The van der Waals surface area contributed by atoms with Gasteiger partial charge in [-0.15, -0.1) is 0 Å². The maximum atomic E-state index is 8.97. The molecule has 0 saturated heterocycles. The Morgan fingerprint density at radius 1 is 1.33 bits per heavy atom. The van der Waals surface area contributed by atoms with Crippen molar-refractivity contribution in [2.75, 3.05) is 0 Å². The second kappa shape index (κ2) is 3.76. The Morgan fingerprint density at radius 3 is 2.60 bits per heavy atom. The minimum Gasteiger partial charge on any atom is -0.325 e. The molecule has 0 spiro atoms. The molecule has 0 aliphatic heterocycles. The van der Waals surface area contributed by atoms with E-state index in [-0.39, 0.29) is 0 Å². The smallest absolute Gasteiger partial charge is 0.147 e. The van der Waals surface area contributed by atoms with E-state index in [4.69, 9.17) is 16.9 Å². The van der Waals surface area contributed by atoms with Crippen LogP contribution in [-0.4, -0.2) is 9.55 Å². The quantitative estimate of drug-likeness (QED) is 0.737. The molecule has 2 rings (SSSR count). The van der Waals surface area contributed by atoms with Crippen LogP contribution in [0.3, 0.4) is 0 Å². The number of hydrogen-bond donors (Lipinski definition) is 0. The fraction of sp³-hybridized carbons (Fsp3) is 0.0909. The zero-order chi connectivity index (χ0) is 10.8. The second-order valence-corrected chi connectivity index (χ2v) is 3.61. The first-order valence-electron chi connectivity index (χ1n) is 4.39. The van der Waals surface area contributed by atoms with Gasteiger partial charge in [-0.1, -0.05) is 23.7 Å². The Balaban J connectivity index is 2.55. The summed E-state index contributed by atoms with van der Waals surface area (Å²) in [5.41, 5.74) is 2.14. The Bertz CT molecular complexity index is 520. The van der Waals surface area contributed by atoms with Crippen LogP contribution in [0.5, 0.6) is 0 Å². The predicted octanol–water partition coefficient (Wildman–Crippen LogP) is 2.61. The number of aryl methyl sites for hydroxylation is 1. The molecule has 1 aromatic heterocycles. The Hall–Kier alpha value is -1.79. The molecule has 3 nitrogen and oxygen atoms in total. The van der Waals surface area contributed by atoms with Crippen molar-refractivity contribution in [1.29, 1.82) is 5.26 Å². The summed E-state index contributed by atoms with van der Waals surface area (Å²) in [7, 11) is 1.80. The number of nitriles is 1. The molecule has 0 aliphatic rings. The van der Waals surface area contributed by atoms with Crippen molar-refractivity contribution in [1.82, 2.24) is 9.55 Å². The van der Waals surface area contributed by atoms with Gasteiger partial charge in [-0.2, -0.15) is 5.26 Å². The van der Waals surface area contributed by atoms with Gasteiger partial charge in [0, 0.05) is 17.6 Å². The minimum absolute atomic E-state index is 0.553. The standard InChI is InChI=1S/C11H8ClN3/c1-15-7-14-11(10(15)6-13)8-2-4-9(12)5-3-8/h2-5,7H,1H3. The highest BCUT2D eigenvalue weighted by atomic mass is 35.5. The Kier molecular flexibility index (Phi) is 2.44. The van der Waals surface area contributed by atoms with Crippen molar-refractivity contribution in [3.63, 3.8) is 0 Å². The molecule has 0 radical (unpaired) electrons.